The third kappa shape index (κ3) is 3.90. The van der Waals surface area contributed by atoms with Crippen molar-refractivity contribution in [2.45, 2.75) is 13.0 Å². The number of hydrogen-bond acceptors (Lipinski definition) is 9. The number of ether oxygens (including phenoxy) is 1. The zero-order valence-corrected chi connectivity index (χ0v) is 17.3. The molecule has 3 aromatic heterocycles. The summed E-state index contributed by atoms with van der Waals surface area (Å²) in [4.78, 5) is 20.1. The van der Waals surface area contributed by atoms with Gasteiger partial charge in [-0.1, -0.05) is 17.3 Å². The molecule has 0 unspecified atom stereocenters. The van der Waals surface area contributed by atoms with Crippen molar-refractivity contribution < 1.29 is 14.1 Å². The molecule has 11 nitrogen and oxygen atoms in total. The number of rotatable bonds is 4. The molecule has 4 aromatic rings. The van der Waals surface area contributed by atoms with Crippen LogP contribution in [-0.2, 0) is 4.74 Å². The first-order valence-electron chi connectivity index (χ1n) is 9.57. The zero-order chi connectivity index (χ0) is 21.2. The second-order valence-electron chi connectivity index (χ2n) is 6.84. The molecule has 12 heteroatoms. The highest BCUT2D eigenvalue weighted by atomic mass is 32.1. The number of hydrogen-bond donors (Lipinski definition) is 1. The van der Waals surface area contributed by atoms with E-state index in [2.05, 4.69) is 31.0 Å². The minimum atomic E-state index is -0.472. The van der Waals surface area contributed by atoms with Crippen LogP contribution < -0.4 is 5.32 Å². The van der Waals surface area contributed by atoms with Gasteiger partial charge in [-0.3, -0.25) is 0 Å². The maximum Gasteiger partial charge on any atom is 0.322 e. The number of benzene rings is 1. The summed E-state index contributed by atoms with van der Waals surface area (Å²) >= 11 is 1.52. The van der Waals surface area contributed by atoms with E-state index in [1.165, 1.54) is 11.3 Å². The number of amides is 2. The van der Waals surface area contributed by atoms with Crippen LogP contribution in [0.15, 0.2) is 46.3 Å². The fourth-order valence-corrected chi connectivity index (χ4v) is 3.96. The number of nitrogens with zero attached hydrogens (tertiary/aromatic N) is 7. The lowest BCUT2D eigenvalue weighted by Crippen LogP contribution is -2.45. The molecule has 1 N–H and O–H groups in total. The Kier molecular flexibility index (Phi) is 5.14. The molecule has 4 heterocycles. The summed E-state index contributed by atoms with van der Waals surface area (Å²) in [6.45, 7) is 2.92. The minimum absolute atomic E-state index is 0.281. The average molecular weight is 438 g/mol. The Morgan fingerprint density at radius 1 is 1.29 bits per heavy atom. The molecule has 5 rings (SSSR count). The van der Waals surface area contributed by atoms with E-state index >= 15 is 0 Å². The Labute approximate surface area is 180 Å². The van der Waals surface area contributed by atoms with E-state index in [1.807, 2.05) is 29.6 Å². The van der Waals surface area contributed by atoms with Gasteiger partial charge >= 0.3 is 6.03 Å². The van der Waals surface area contributed by atoms with Crippen LogP contribution in [-0.4, -0.2) is 61.0 Å². The van der Waals surface area contributed by atoms with Crippen LogP contribution in [0.2, 0.25) is 0 Å². The summed E-state index contributed by atoms with van der Waals surface area (Å²) in [5, 5.41) is 20.4. The average Bonchev–Trinajstić information content (AvgIpc) is 3.55. The molecule has 1 atom stereocenters. The van der Waals surface area contributed by atoms with Crippen LogP contribution in [0.5, 0.6) is 0 Å². The molecule has 1 aliphatic rings. The summed E-state index contributed by atoms with van der Waals surface area (Å²) in [5.74, 6) is 1.49. The fourth-order valence-electron chi connectivity index (χ4n) is 3.31. The highest BCUT2D eigenvalue weighted by Crippen LogP contribution is 2.28. The van der Waals surface area contributed by atoms with Crippen molar-refractivity contribution in [2.75, 3.05) is 25.1 Å². The molecule has 1 aliphatic heterocycles. The second-order valence-corrected chi connectivity index (χ2v) is 7.78. The SMILES string of the molecule is Cc1nnnn1-c1cccc(NC(=O)N2CCOC[C@@H]2c2nc(-c3cccs3)no2)c1. The molecule has 0 saturated carbocycles. The number of aromatic nitrogens is 6. The summed E-state index contributed by atoms with van der Waals surface area (Å²) in [7, 11) is 0. The van der Waals surface area contributed by atoms with Crippen LogP contribution in [0.1, 0.15) is 17.8 Å². The van der Waals surface area contributed by atoms with E-state index in [-0.39, 0.29) is 12.6 Å². The van der Waals surface area contributed by atoms with Crippen molar-refractivity contribution in [3.8, 4) is 16.4 Å². The van der Waals surface area contributed by atoms with Gasteiger partial charge in [0.05, 0.1) is 23.8 Å². The third-order valence-electron chi connectivity index (χ3n) is 4.83. The standard InChI is InChI=1S/C19H18N8O3S/c1-12-22-24-25-27(12)14-5-2-4-13(10-14)20-19(28)26-7-8-29-11-15(26)18-21-17(23-30-18)16-6-3-9-31-16/h2-6,9-10,15H,7-8,11H2,1H3,(H,20,28)/t15-/m1/s1. The Morgan fingerprint density at radius 3 is 3.03 bits per heavy atom. The van der Waals surface area contributed by atoms with Gasteiger partial charge in [0.1, 0.15) is 6.04 Å². The maximum absolute atomic E-state index is 13.1. The Bertz CT molecular complexity index is 1190. The number of thiophene rings is 1. The lowest BCUT2D eigenvalue weighted by Gasteiger charge is -2.33. The zero-order valence-electron chi connectivity index (χ0n) is 16.5. The molecule has 1 fully saturated rings. The third-order valence-corrected chi connectivity index (χ3v) is 5.69. The van der Waals surface area contributed by atoms with Gasteiger partial charge in [-0.15, -0.1) is 16.4 Å². The van der Waals surface area contributed by atoms with Crippen molar-refractivity contribution in [3.63, 3.8) is 0 Å². The molecule has 31 heavy (non-hydrogen) atoms. The van der Waals surface area contributed by atoms with Gasteiger partial charge in [-0.2, -0.15) is 9.67 Å². The van der Waals surface area contributed by atoms with Gasteiger partial charge in [0.2, 0.25) is 5.82 Å². The van der Waals surface area contributed by atoms with Gasteiger partial charge in [0.25, 0.3) is 5.89 Å². The monoisotopic (exact) mass is 438 g/mol. The molecule has 2 amide bonds. The highest BCUT2D eigenvalue weighted by molar-refractivity contribution is 7.13. The Hall–Kier alpha value is -3.64. The van der Waals surface area contributed by atoms with E-state index in [0.717, 1.165) is 10.6 Å². The lowest BCUT2D eigenvalue weighted by molar-refractivity contribution is 0.00349. The molecular weight excluding hydrogens is 420 g/mol. The molecule has 0 radical (unpaired) electrons. The number of aryl methyl sites for hydroxylation is 1. The topological polar surface area (TPSA) is 124 Å². The largest absolute Gasteiger partial charge is 0.377 e. The Morgan fingerprint density at radius 2 is 2.23 bits per heavy atom. The summed E-state index contributed by atoms with van der Waals surface area (Å²) in [6.07, 6.45) is 0. The van der Waals surface area contributed by atoms with Crippen LogP contribution >= 0.6 is 11.3 Å². The predicted molar refractivity (Wildman–Crippen MR) is 111 cm³/mol. The molecule has 1 aromatic carbocycles. The molecular formula is C19H18N8O3S. The van der Waals surface area contributed by atoms with E-state index in [9.17, 15) is 4.79 Å². The predicted octanol–water partition coefficient (Wildman–Crippen LogP) is 2.69. The van der Waals surface area contributed by atoms with Crippen molar-refractivity contribution in [3.05, 3.63) is 53.5 Å². The van der Waals surface area contributed by atoms with Gasteiger partial charge in [-0.05, 0) is 47.0 Å². The van der Waals surface area contributed by atoms with Gasteiger partial charge < -0.3 is 19.5 Å². The second kappa shape index (κ2) is 8.24. The number of carbonyl (C=O) groups excluding carboxylic acids is 1. The first-order chi connectivity index (χ1) is 15.2. The van der Waals surface area contributed by atoms with Crippen molar-refractivity contribution in [1.82, 2.24) is 35.2 Å². The number of urea groups is 1. The van der Waals surface area contributed by atoms with Gasteiger partial charge in [-0.25, -0.2) is 4.79 Å². The van der Waals surface area contributed by atoms with Gasteiger partial charge in [0, 0.05) is 12.2 Å². The smallest absolute Gasteiger partial charge is 0.322 e. The number of anilines is 1. The fraction of sp³-hybridized carbons (Fsp3) is 0.263. The number of nitrogens with one attached hydrogen (secondary N) is 1. The first-order valence-corrected chi connectivity index (χ1v) is 10.5. The van der Waals surface area contributed by atoms with Gasteiger partial charge in [0.15, 0.2) is 5.82 Å². The first kappa shape index (κ1) is 19.3. The summed E-state index contributed by atoms with van der Waals surface area (Å²) in [5.41, 5.74) is 1.36. The summed E-state index contributed by atoms with van der Waals surface area (Å²) < 4.78 is 12.6. The molecule has 0 aliphatic carbocycles. The van der Waals surface area contributed by atoms with Crippen LogP contribution in [0, 0.1) is 6.92 Å². The normalized spacial score (nSPS) is 16.4. The number of tetrazole rings is 1. The molecule has 0 bridgehead atoms. The van der Waals surface area contributed by atoms with E-state index in [4.69, 9.17) is 9.26 Å². The Balaban J connectivity index is 1.35. The molecule has 158 valence electrons. The molecule has 0 spiro atoms. The number of carbonyl (C=O) groups is 1. The van der Waals surface area contributed by atoms with E-state index in [0.29, 0.717) is 36.4 Å². The van der Waals surface area contributed by atoms with E-state index in [1.54, 1.807) is 28.6 Å². The van der Waals surface area contributed by atoms with Crippen LogP contribution in [0.3, 0.4) is 0 Å². The summed E-state index contributed by atoms with van der Waals surface area (Å²) in [6, 6.07) is 10.4. The van der Waals surface area contributed by atoms with E-state index < -0.39 is 6.04 Å². The van der Waals surface area contributed by atoms with Crippen molar-refractivity contribution >= 4 is 23.1 Å². The van der Waals surface area contributed by atoms with Crippen LogP contribution in [0.4, 0.5) is 10.5 Å². The van der Waals surface area contributed by atoms with Crippen molar-refractivity contribution in [2.24, 2.45) is 0 Å². The minimum Gasteiger partial charge on any atom is -0.377 e. The maximum atomic E-state index is 13.1. The lowest BCUT2D eigenvalue weighted by atomic mass is 10.2. The van der Waals surface area contributed by atoms with Crippen LogP contribution in [0.25, 0.3) is 16.4 Å². The van der Waals surface area contributed by atoms with Crippen molar-refractivity contribution in [1.29, 1.82) is 0 Å². The molecule has 1 saturated heterocycles. The number of morpholine rings is 1. The quantitative estimate of drug-likeness (QED) is 0.516. The highest BCUT2D eigenvalue weighted by Gasteiger charge is 2.33.